The van der Waals surface area contributed by atoms with Crippen LogP contribution in [0.1, 0.15) is 25.3 Å². The summed E-state index contributed by atoms with van der Waals surface area (Å²) >= 11 is 0. The third-order valence-electron chi connectivity index (χ3n) is 3.50. The van der Waals surface area contributed by atoms with Gasteiger partial charge in [-0.3, -0.25) is 9.59 Å². The summed E-state index contributed by atoms with van der Waals surface area (Å²) in [6.45, 7) is 2.28. The van der Waals surface area contributed by atoms with Crippen molar-refractivity contribution in [2.45, 2.75) is 32.5 Å². The monoisotopic (exact) mass is 291 g/mol. The van der Waals surface area contributed by atoms with Gasteiger partial charge in [0.15, 0.2) is 0 Å². The molecule has 1 aromatic carbocycles. The van der Waals surface area contributed by atoms with E-state index in [4.69, 9.17) is 9.84 Å². The van der Waals surface area contributed by atoms with Gasteiger partial charge >= 0.3 is 5.97 Å². The Kier molecular flexibility index (Phi) is 5.33. The molecule has 1 saturated carbocycles. The number of nitrogens with zero attached hydrogens (tertiary/aromatic N) is 1. The molecule has 0 bridgehead atoms. The van der Waals surface area contributed by atoms with Crippen LogP contribution in [0.3, 0.4) is 0 Å². The van der Waals surface area contributed by atoms with Crippen molar-refractivity contribution in [3.8, 4) is 0 Å². The van der Waals surface area contributed by atoms with Gasteiger partial charge in [-0.2, -0.15) is 0 Å². The largest absolute Gasteiger partial charge is 0.480 e. The summed E-state index contributed by atoms with van der Waals surface area (Å²) in [4.78, 5) is 24.6. The fraction of sp³-hybridized carbons (Fsp3) is 0.500. The number of ether oxygens (including phenoxy) is 1. The average Bonchev–Trinajstić information content (AvgIpc) is 3.28. The zero-order valence-electron chi connectivity index (χ0n) is 12.2. The molecule has 5 heteroatoms. The van der Waals surface area contributed by atoms with Crippen molar-refractivity contribution in [2.75, 3.05) is 13.1 Å². The Hall–Kier alpha value is -1.88. The minimum atomic E-state index is -0.987. The molecule has 5 nitrogen and oxygen atoms in total. The standard InChI is InChI=1S/C16H21NO4/c1-12(21-11-14-5-3-2-4-6-14)16(20)17(10-15(18)19)9-13-7-8-13/h2-6,12-13H,7-11H2,1H3,(H,18,19). The molecule has 1 aliphatic rings. The molecule has 1 fully saturated rings. The molecule has 21 heavy (non-hydrogen) atoms. The Morgan fingerprint density at radius 2 is 2.00 bits per heavy atom. The lowest BCUT2D eigenvalue weighted by molar-refractivity contribution is -0.150. The Balaban J connectivity index is 1.87. The van der Waals surface area contributed by atoms with E-state index >= 15 is 0 Å². The summed E-state index contributed by atoms with van der Waals surface area (Å²) in [5, 5.41) is 8.92. The maximum absolute atomic E-state index is 12.3. The molecule has 1 N–H and O–H groups in total. The summed E-state index contributed by atoms with van der Waals surface area (Å²) < 4.78 is 5.57. The maximum Gasteiger partial charge on any atom is 0.323 e. The molecule has 0 spiro atoms. The maximum atomic E-state index is 12.3. The van der Waals surface area contributed by atoms with Gasteiger partial charge in [-0.15, -0.1) is 0 Å². The van der Waals surface area contributed by atoms with Gasteiger partial charge in [-0.25, -0.2) is 0 Å². The van der Waals surface area contributed by atoms with E-state index in [1.54, 1.807) is 6.92 Å². The van der Waals surface area contributed by atoms with Crippen LogP contribution in [-0.2, 0) is 20.9 Å². The Bertz CT molecular complexity index is 484. The van der Waals surface area contributed by atoms with E-state index in [9.17, 15) is 9.59 Å². The van der Waals surface area contributed by atoms with Crippen molar-refractivity contribution in [3.63, 3.8) is 0 Å². The van der Waals surface area contributed by atoms with E-state index in [0.717, 1.165) is 18.4 Å². The van der Waals surface area contributed by atoms with Gasteiger partial charge in [0.05, 0.1) is 6.61 Å². The Morgan fingerprint density at radius 1 is 1.33 bits per heavy atom. The zero-order chi connectivity index (χ0) is 15.2. The van der Waals surface area contributed by atoms with Crippen LogP contribution in [0.4, 0.5) is 0 Å². The first-order valence-corrected chi connectivity index (χ1v) is 7.22. The minimum absolute atomic E-state index is 0.250. The molecule has 1 aliphatic carbocycles. The molecule has 0 aromatic heterocycles. The molecule has 1 amide bonds. The van der Waals surface area contributed by atoms with Gasteiger partial charge in [0.1, 0.15) is 12.6 Å². The van der Waals surface area contributed by atoms with Gasteiger partial charge in [-0.05, 0) is 31.2 Å². The van der Waals surface area contributed by atoms with E-state index in [1.807, 2.05) is 30.3 Å². The Morgan fingerprint density at radius 3 is 2.57 bits per heavy atom. The van der Waals surface area contributed by atoms with E-state index in [0.29, 0.717) is 19.1 Å². The van der Waals surface area contributed by atoms with Crippen LogP contribution in [0.15, 0.2) is 30.3 Å². The van der Waals surface area contributed by atoms with Crippen LogP contribution in [0.5, 0.6) is 0 Å². The number of carbonyl (C=O) groups is 2. The minimum Gasteiger partial charge on any atom is -0.480 e. The van der Waals surface area contributed by atoms with Gasteiger partial charge in [0.2, 0.25) is 0 Å². The number of hydrogen-bond donors (Lipinski definition) is 1. The van der Waals surface area contributed by atoms with Crippen molar-refractivity contribution < 1.29 is 19.4 Å². The van der Waals surface area contributed by atoms with Crippen molar-refractivity contribution in [3.05, 3.63) is 35.9 Å². The van der Waals surface area contributed by atoms with E-state index in [2.05, 4.69) is 0 Å². The van der Waals surface area contributed by atoms with Crippen LogP contribution in [0, 0.1) is 5.92 Å². The summed E-state index contributed by atoms with van der Waals surface area (Å²) in [7, 11) is 0. The molecule has 0 heterocycles. The highest BCUT2D eigenvalue weighted by Gasteiger charge is 2.30. The highest BCUT2D eigenvalue weighted by atomic mass is 16.5. The topological polar surface area (TPSA) is 66.8 Å². The lowest BCUT2D eigenvalue weighted by Crippen LogP contribution is -2.43. The number of aliphatic carboxylic acids is 1. The average molecular weight is 291 g/mol. The zero-order valence-corrected chi connectivity index (χ0v) is 12.2. The molecule has 1 aromatic rings. The lowest BCUT2D eigenvalue weighted by atomic mass is 10.2. The molecular weight excluding hydrogens is 270 g/mol. The van der Waals surface area contributed by atoms with Crippen LogP contribution in [-0.4, -0.2) is 41.1 Å². The van der Waals surface area contributed by atoms with Crippen LogP contribution in [0.25, 0.3) is 0 Å². The first-order valence-electron chi connectivity index (χ1n) is 7.22. The number of hydrogen-bond acceptors (Lipinski definition) is 3. The molecule has 2 rings (SSSR count). The fourth-order valence-electron chi connectivity index (χ4n) is 2.13. The van der Waals surface area contributed by atoms with E-state index in [1.165, 1.54) is 4.90 Å². The van der Waals surface area contributed by atoms with Gasteiger partial charge in [-0.1, -0.05) is 30.3 Å². The van der Waals surface area contributed by atoms with Crippen LogP contribution >= 0.6 is 0 Å². The number of rotatable bonds is 8. The Labute approximate surface area is 124 Å². The summed E-state index contributed by atoms with van der Waals surface area (Å²) in [6, 6.07) is 9.60. The molecule has 1 unspecified atom stereocenters. The summed E-state index contributed by atoms with van der Waals surface area (Å²) in [5.41, 5.74) is 0.990. The van der Waals surface area contributed by atoms with Crippen molar-refractivity contribution in [2.24, 2.45) is 5.92 Å². The van der Waals surface area contributed by atoms with Crippen molar-refractivity contribution in [1.29, 1.82) is 0 Å². The third kappa shape index (κ3) is 5.19. The molecule has 0 radical (unpaired) electrons. The van der Waals surface area contributed by atoms with E-state index in [-0.39, 0.29) is 12.5 Å². The first kappa shape index (κ1) is 15.5. The molecule has 1 atom stereocenters. The lowest BCUT2D eigenvalue weighted by Gasteiger charge is -2.24. The summed E-state index contributed by atoms with van der Waals surface area (Å²) in [5.74, 6) is -0.783. The number of carboxylic acid groups (broad SMARTS) is 1. The quantitative estimate of drug-likeness (QED) is 0.794. The van der Waals surface area contributed by atoms with E-state index < -0.39 is 12.1 Å². The molecule has 0 saturated heterocycles. The second-order valence-electron chi connectivity index (χ2n) is 5.49. The fourth-order valence-corrected chi connectivity index (χ4v) is 2.13. The van der Waals surface area contributed by atoms with Gasteiger partial charge in [0, 0.05) is 6.54 Å². The van der Waals surface area contributed by atoms with Gasteiger partial charge < -0.3 is 14.7 Å². The molecular formula is C16H21NO4. The highest BCUT2D eigenvalue weighted by molar-refractivity contribution is 5.84. The number of amides is 1. The normalized spacial score (nSPS) is 15.5. The number of carbonyl (C=O) groups excluding carboxylic acids is 1. The third-order valence-corrected chi connectivity index (χ3v) is 3.50. The molecule has 0 aliphatic heterocycles. The predicted molar refractivity (Wildman–Crippen MR) is 77.6 cm³/mol. The number of carboxylic acids is 1. The summed E-state index contributed by atoms with van der Waals surface area (Å²) in [6.07, 6.45) is 1.51. The SMILES string of the molecule is CC(OCc1ccccc1)C(=O)N(CC(=O)O)CC1CC1. The second-order valence-corrected chi connectivity index (χ2v) is 5.49. The van der Waals surface area contributed by atoms with Crippen molar-refractivity contribution in [1.82, 2.24) is 4.90 Å². The van der Waals surface area contributed by atoms with Crippen molar-refractivity contribution >= 4 is 11.9 Å². The second kappa shape index (κ2) is 7.22. The smallest absolute Gasteiger partial charge is 0.323 e. The number of benzene rings is 1. The first-order chi connectivity index (χ1) is 10.1. The predicted octanol–water partition coefficient (Wildman–Crippen LogP) is 1.91. The molecule has 114 valence electrons. The van der Waals surface area contributed by atoms with Gasteiger partial charge in [0.25, 0.3) is 5.91 Å². The highest BCUT2D eigenvalue weighted by Crippen LogP contribution is 2.29. The van der Waals surface area contributed by atoms with Crippen LogP contribution in [0.2, 0.25) is 0 Å². The van der Waals surface area contributed by atoms with Crippen LogP contribution < -0.4 is 0 Å².